The maximum absolute atomic E-state index is 11.6. The Morgan fingerprint density at radius 1 is 1.29 bits per heavy atom. The third kappa shape index (κ3) is 4.27. The maximum Gasteiger partial charge on any atom is 0.249 e. The number of carbonyl (C=O) groups excluding carboxylic acids is 1. The summed E-state index contributed by atoms with van der Waals surface area (Å²) in [5.74, 6) is 0.603. The van der Waals surface area contributed by atoms with Gasteiger partial charge in [-0.2, -0.15) is 0 Å². The van der Waals surface area contributed by atoms with E-state index in [1.165, 1.54) is 11.3 Å². The van der Waals surface area contributed by atoms with E-state index in [1.807, 2.05) is 43.5 Å². The highest BCUT2D eigenvalue weighted by atomic mass is 32.1. The standard InChI is InChI=1S/C15H18N2O3S/c1-3-19-13-8-6-5-7-12(13)15-16-11(10-21-15)9-14(18)17-20-4-2/h5-8,10H,3-4,9H2,1-2H3,(H,17,18). The first-order chi connectivity index (χ1) is 10.2. The minimum absolute atomic E-state index is 0.202. The molecule has 0 atom stereocenters. The van der Waals surface area contributed by atoms with Gasteiger partial charge in [-0.3, -0.25) is 9.63 Å². The van der Waals surface area contributed by atoms with Crippen LogP contribution in [-0.2, 0) is 16.1 Å². The van der Waals surface area contributed by atoms with Crippen LogP contribution in [0.25, 0.3) is 10.6 Å². The second-order valence-corrected chi connectivity index (χ2v) is 5.07. The van der Waals surface area contributed by atoms with Gasteiger partial charge in [-0.15, -0.1) is 11.3 Å². The van der Waals surface area contributed by atoms with E-state index in [0.717, 1.165) is 22.0 Å². The lowest BCUT2D eigenvalue weighted by atomic mass is 10.2. The van der Waals surface area contributed by atoms with E-state index in [4.69, 9.17) is 9.57 Å². The number of para-hydroxylation sites is 1. The second-order valence-electron chi connectivity index (χ2n) is 4.21. The molecule has 0 unspecified atom stereocenters. The maximum atomic E-state index is 11.6. The summed E-state index contributed by atoms with van der Waals surface area (Å²) in [4.78, 5) is 21.0. The first-order valence-electron chi connectivity index (χ1n) is 6.81. The van der Waals surface area contributed by atoms with Crippen molar-refractivity contribution in [2.24, 2.45) is 0 Å². The molecule has 0 aliphatic carbocycles. The van der Waals surface area contributed by atoms with Gasteiger partial charge in [0.15, 0.2) is 0 Å². The molecule has 0 saturated heterocycles. The fourth-order valence-corrected chi connectivity index (χ4v) is 2.64. The molecule has 1 heterocycles. The molecule has 2 aromatic rings. The molecule has 1 aromatic carbocycles. The number of hydrogen-bond donors (Lipinski definition) is 1. The SMILES string of the molecule is CCONC(=O)Cc1csc(-c2ccccc2OCC)n1. The highest BCUT2D eigenvalue weighted by Gasteiger charge is 2.12. The van der Waals surface area contributed by atoms with Gasteiger partial charge in [-0.1, -0.05) is 12.1 Å². The third-order valence-electron chi connectivity index (χ3n) is 2.64. The van der Waals surface area contributed by atoms with Crippen molar-refractivity contribution in [3.63, 3.8) is 0 Å². The Hall–Kier alpha value is -1.92. The van der Waals surface area contributed by atoms with Crippen LogP contribution in [-0.4, -0.2) is 24.1 Å². The summed E-state index contributed by atoms with van der Waals surface area (Å²) >= 11 is 1.50. The first-order valence-corrected chi connectivity index (χ1v) is 7.69. The van der Waals surface area contributed by atoms with Crippen molar-refractivity contribution >= 4 is 17.2 Å². The summed E-state index contributed by atoms with van der Waals surface area (Å²) in [5, 5.41) is 2.72. The summed E-state index contributed by atoms with van der Waals surface area (Å²) in [6.07, 6.45) is 0.202. The molecule has 1 aromatic heterocycles. The Morgan fingerprint density at radius 2 is 2.10 bits per heavy atom. The van der Waals surface area contributed by atoms with Gasteiger partial charge in [-0.05, 0) is 26.0 Å². The quantitative estimate of drug-likeness (QED) is 0.799. The molecule has 0 bridgehead atoms. The number of thiazole rings is 1. The van der Waals surface area contributed by atoms with Crippen molar-refractivity contribution in [1.82, 2.24) is 10.5 Å². The summed E-state index contributed by atoms with van der Waals surface area (Å²) in [5.41, 5.74) is 4.03. The molecular formula is C15H18N2O3S. The van der Waals surface area contributed by atoms with Crippen molar-refractivity contribution in [1.29, 1.82) is 0 Å². The fraction of sp³-hybridized carbons (Fsp3) is 0.333. The van der Waals surface area contributed by atoms with Gasteiger partial charge < -0.3 is 4.74 Å². The second kappa shape index (κ2) is 7.75. The molecule has 0 saturated carbocycles. The molecule has 6 heteroatoms. The van der Waals surface area contributed by atoms with E-state index in [1.54, 1.807) is 0 Å². The molecule has 0 aliphatic rings. The lowest BCUT2D eigenvalue weighted by Crippen LogP contribution is -2.25. The number of amides is 1. The molecule has 21 heavy (non-hydrogen) atoms. The molecule has 5 nitrogen and oxygen atoms in total. The van der Waals surface area contributed by atoms with Gasteiger partial charge in [0, 0.05) is 5.38 Å². The number of benzene rings is 1. The highest BCUT2D eigenvalue weighted by molar-refractivity contribution is 7.13. The van der Waals surface area contributed by atoms with E-state index in [9.17, 15) is 4.79 Å². The first kappa shape index (κ1) is 15.5. The lowest BCUT2D eigenvalue weighted by molar-refractivity contribution is -0.132. The molecule has 0 spiro atoms. The van der Waals surface area contributed by atoms with Crippen LogP contribution in [0.1, 0.15) is 19.5 Å². The van der Waals surface area contributed by atoms with Crippen LogP contribution in [0.3, 0.4) is 0 Å². The zero-order chi connectivity index (χ0) is 15.1. The van der Waals surface area contributed by atoms with E-state index < -0.39 is 0 Å². The van der Waals surface area contributed by atoms with Crippen molar-refractivity contribution in [2.45, 2.75) is 20.3 Å². The smallest absolute Gasteiger partial charge is 0.249 e. The predicted octanol–water partition coefficient (Wildman–Crippen LogP) is 2.82. The topological polar surface area (TPSA) is 60.5 Å². The molecular weight excluding hydrogens is 288 g/mol. The number of hydrogen-bond acceptors (Lipinski definition) is 5. The van der Waals surface area contributed by atoms with Crippen LogP contribution in [0.4, 0.5) is 0 Å². The largest absolute Gasteiger partial charge is 0.493 e. The van der Waals surface area contributed by atoms with E-state index in [-0.39, 0.29) is 12.3 Å². The number of ether oxygens (including phenoxy) is 1. The van der Waals surface area contributed by atoms with Crippen molar-refractivity contribution in [3.8, 4) is 16.3 Å². The zero-order valence-corrected chi connectivity index (χ0v) is 12.9. The van der Waals surface area contributed by atoms with Gasteiger partial charge in [0.05, 0.1) is 30.9 Å². The number of aromatic nitrogens is 1. The van der Waals surface area contributed by atoms with Crippen LogP contribution in [0.2, 0.25) is 0 Å². The van der Waals surface area contributed by atoms with Gasteiger partial charge in [-0.25, -0.2) is 10.5 Å². The van der Waals surface area contributed by atoms with Gasteiger partial charge in [0.2, 0.25) is 5.91 Å². The zero-order valence-electron chi connectivity index (χ0n) is 12.1. The minimum atomic E-state index is -0.202. The number of rotatable bonds is 7. The number of nitrogens with zero attached hydrogens (tertiary/aromatic N) is 1. The molecule has 1 N–H and O–H groups in total. The molecule has 0 aliphatic heterocycles. The Labute approximate surface area is 127 Å². The average Bonchev–Trinajstić information content (AvgIpc) is 2.94. The Balaban J connectivity index is 2.11. The predicted molar refractivity (Wildman–Crippen MR) is 82.2 cm³/mol. The van der Waals surface area contributed by atoms with Gasteiger partial charge >= 0.3 is 0 Å². The Bertz CT molecular complexity index is 598. The molecule has 0 radical (unpaired) electrons. The van der Waals surface area contributed by atoms with Crippen LogP contribution in [0, 0.1) is 0 Å². The van der Waals surface area contributed by atoms with Crippen molar-refractivity contribution in [3.05, 3.63) is 35.3 Å². The molecule has 0 fully saturated rings. The van der Waals surface area contributed by atoms with Crippen molar-refractivity contribution < 1.29 is 14.4 Å². The van der Waals surface area contributed by atoms with Crippen molar-refractivity contribution in [2.75, 3.05) is 13.2 Å². The van der Waals surface area contributed by atoms with Crippen LogP contribution >= 0.6 is 11.3 Å². The number of carbonyl (C=O) groups is 1. The lowest BCUT2D eigenvalue weighted by Gasteiger charge is -2.07. The Morgan fingerprint density at radius 3 is 2.86 bits per heavy atom. The minimum Gasteiger partial charge on any atom is -0.493 e. The van der Waals surface area contributed by atoms with Gasteiger partial charge in [0.25, 0.3) is 0 Å². The summed E-state index contributed by atoms with van der Waals surface area (Å²) < 4.78 is 5.60. The van der Waals surface area contributed by atoms with Gasteiger partial charge in [0.1, 0.15) is 10.8 Å². The summed E-state index contributed by atoms with van der Waals surface area (Å²) in [6.45, 7) is 4.80. The van der Waals surface area contributed by atoms with E-state index >= 15 is 0 Å². The summed E-state index contributed by atoms with van der Waals surface area (Å²) in [7, 11) is 0. The fourth-order valence-electron chi connectivity index (χ4n) is 1.79. The number of nitrogens with one attached hydrogen (secondary N) is 1. The third-order valence-corrected chi connectivity index (χ3v) is 3.57. The molecule has 112 valence electrons. The molecule has 1 amide bonds. The van der Waals surface area contributed by atoms with Crippen LogP contribution < -0.4 is 10.2 Å². The Kier molecular flexibility index (Phi) is 5.71. The van der Waals surface area contributed by atoms with Crippen LogP contribution in [0.5, 0.6) is 5.75 Å². The summed E-state index contributed by atoms with van der Waals surface area (Å²) in [6, 6.07) is 7.76. The average molecular weight is 306 g/mol. The highest BCUT2D eigenvalue weighted by Crippen LogP contribution is 2.32. The number of hydroxylamine groups is 1. The van der Waals surface area contributed by atoms with E-state index in [0.29, 0.717) is 13.2 Å². The monoisotopic (exact) mass is 306 g/mol. The van der Waals surface area contributed by atoms with E-state index in [2.05, 4.69) is 10.5 Å². The normalized spacial score (nSPS) is 10.4. The molecule has 2 rings (SSSR count). The van der Waals surface area contributed by atoms with Crippen LogP contribution in [0.15, 0.2) is 29.6 Å².